The number of nitrogens with zero attached hydrogens (tertiary/aromatic N) is 4. The van der Waals surface area contributed by atoms with Crippen molar-refractivity contribution in [2.45, 2.75) is 42.6 Å². The maximum Gasteiger partial charge on any atom is 0.249 e. The van der Waals surface area contributed by atoms with E-state index >= 15 is 0 Å². The maximum atomic E-state index is 12.9. The molecule has 1 aliphatic heterocycles. The van der Waals surface area contributed by atoms with Crippen molar-refractivity contribution in [2.24, 2.45) is 0 Å². The largest absolute Gasteiger partial charge is 0.396 e. The highest BCUT2D eigenvalue weighted by Gasteiger charge is 2.50. The molecule has 2 rings (SSSR count). The van der Waals surface area contributed by atoms with E-state index in [1.165, 1.54) is 11.8 Å². The highest BCUT2D eigenvalue weighted by atomic mass is 32.2. The van der Waals surface area contributed by atoms with Gasteiger partial charge in [-0.15, -0.1) is 24.4 Å². The third-order valence-electron chi connectivity index (χ3n) is 4.22. The minimum atomic E-state index is -0.685. The van der Waals surface area contributed by atoms with Gasteiger partial charge in [0.1, 0.15) is 11.6 Å². The Morgan fingerprint density at radius 3 is 2.79 bits per heavy atom. The van der Waals surface area contributed by atoms with Crippen molar-refractivity contribution in [3.8, 4) is 6.07 Å². The predicted octanol–water partition coefficient (Wildman–Crippen LogP) is 2.09. The number of aliphatic hydroxyl groups is 1. The zero-order valence-corrected chi connectivity index (χ0v) is 15.8. The predicted molar refractivity (Wildman–Crippen MR) is 98.1 cm³/mol. The number of aliphatic hydroxyl groups excluding tert-OH is 1. The van der Waals surface area contributed by atoms with Gasteiger partial charge in [-0.1, -0.05) is 0 Å². The molecule has 24 heavy (non-hydrogen) atoms. The normalized spacial score (nSPS) is 20.4. The van der Waals surface area contributed by atoms with Crippen molar-refractivity contribution in [2.75, 3.05) is 24.3 Å². The summed E-state index contributed by atoms with van der Waals surface area (Å²) in [5.41, 5.74) is -0.0978. The molecule has 0 aliphatic carbocycles. The minimum absolute atomic E-state index is 0.0509. The SMILES string of the molecule is CSc1cc(N2C(=O)C(C)(C)N(CCCCO)C2S)cnc1C#N. The van der Waals surface area contributed by atoms with Crippen LogP contribution in [0.3, 0.4) is 0 Å². The number of unbranched alkanes of at least 4 members (excludes halogenated alkanes) is 1. The van der Waals surface area contributed by atoms with E-state index in [1.54, 1.807) is 11.1 Å². The van der Waals surface area contributed by atoms with E-state index in [9.17, 15) is 4.79 Å². The van der Waals surface area contributed by atoms with Crippen molar-refractivity contribution in [1.29, 1.82) is 5.26 Å². The second-order valence-electron chi connectivity index (χ2n) is 6.06. The Labute approximate surface area is 152 Å². The molecule has 0 radical (unpaired) electrons. The number of carbonyl (C=O) groups is 1. The van der Waals surface area contributed by atoms with Gasteiger partial charge in [0.25, 0.3) is 0 Å². The first-order chi connectivity index (χ1) is 11.4. The number of rotatable bonds is 6. The van der Waals surface area contributed by atoms with Crippen LogP contribution in [0.2, 0.25) is 0 Å². The second kappa shape index (κ2) is 7.74. The Hall–Kier alpha value is -1.27. The Bertz CT molecular complexity index is 660. The minimum Gasteiger partial charge on any atom is -0.396 e. The molecule has 1 aliphatic rings. The van der Waals surface area contributed by atoms with Crippen LogP contribution in [0.1, 0.15) is 32.4 Å². The van der Waals surface area contributed by atoms with Gasteiger partial charge in [-0.2, -0.15) is 5.26 Å². The average molecular weight is 367 g/mol. The molecule has 0 spiro atoms. The van der Waals surface area contributed by atoms with Crippen LogP contribution in [0.4, 0.5) is 5.69 Å². The fourth-order valence-corrected chi connectivity index (χ4v) is 3.97. The molecular formula is C16H22N4O2S2. The first kappa shape index (κ1) is 19.1. The van der Waals surface area contributed by atoms with E-state index < -0.39 is 11.0 Å². The molecule has 0 saturated carbocycles. The number of nitriles is 1. The van der Waals surface area contributed by atoms with E-state index in [2.05, 4.69) is 23.7 Å². The number of amides is 1. The number of hydrogen-bond acceptors (Lipinski definition) is 7. The zero-order valence-electron chi connectivity index (χ0n) is 14.1. The number of pyridine rings is 1. The lowest BCUT2D eigenvalue weighted by molar-refractivity contribution is -0.123. The fourth-order valence-electron chi connectivity index (χ4n) is 2.80. The average Bonchev–Trinajstić information content (AvgIpc) is 2.74. The molecule has 1 aromatic rings. The molecule has 6 nitrogen and oxygen atoms in total. The van der Waals surface area contributed by atoms with Crippen LogP contribution in [-0.2, 0) is 4.79 Å². The van der Waals surface area contributed by atoms with Gasteiger partial charge in [-0.05, 0) is 39.0 Å². The van der Waals surface area contributed by atoms with Crippen LogP contribution in [0, 0.1) is 11.3 Å². The first-order valence-electron chi connectivity index (χ1n) is 7.72. The molecule has 1 unspecified atom stereocenters. The number of hydrogen-bond donors (Lipinski definition) is 2. The number of thiol groups is 1. The summed E-state index contributed by atoms with van der Waals surface area (Å²) in [6.07, 6.45) is 4.90. The molecule has 0 bridgehead atoms. The summed E-state index contributed by atoms with van der Waals surface area (Å²) < 4.78 is 0. The number of thioether (sulfide) groups is 1. The molecule has 0 aromatic carbocycles. The molecule has 2 heterocycles. The van der Waals surface area contributed by atoms with E-state index in [0.717, 1.165) is 11.3 Å². The number of aromatic nitrogens is 1. The lowest BCUT2D eigenvalue weighted by Gasteiger charge is -2.30. The Morgan fingerprint density at radius 2 is 2.21 bits per heavy atom. The molecule has 1 saturated heterocycles. The van der Waals surface area contributed by atoms with Crippen LogP contribution in [0.25, 0.3) is 0 Å². The molecule has 1 aromatic heterocycles. The molecule has 8 heteroatoms. The topological polar surface area (TPSA) is 80.5 Å². The molecule has 1 N–H and O–H groups in total. The summed E-state index contributed by atoms with van der Waals surface area (Å²) in [6.45, 7) is 4.57. The Kier molecular flexibility index (Phi) is 6.15. The molecular weight excluding hydrogens is 344 g/mol. The van der Waals surface area contributed by atoms with Gasteiger partial charge in [-0.25, -0.2) is 4.98 Å². The van der Waals surface area contributed by atoms with Crippen molar-refractivity contribution in [1.82, 2.24) is 9.88 Å². The van der Waals surface area contributed by atoms with Crippen LogP contribution in [0.15, 0.2) is 17.2 Å². The van der Waals surface area contributed by atoms with Crippen LogP contribution in [-0.4, -0.2) is 51.3 Å². The van der Waals surface area contributed by atoms with Gasteiger partial charge in [0.15, 0.2) is 5.69 Å². The summed E-state index contributed by atoms with van der Waals surface area (Å²) >= 11 is 6.07. The standard InChI is InChI=1S/C16H22N4O2S2/c1-16(2)14(22)20(15(23)19(16)6-4-5-7-21)11-8-13(24-3)12(9-17)18-10-11/h8,10,15,21,23H,4-7H2,1-3H3. The Morgan fingerprint density at radius 1 is 1.50 bits per heavy atom. The summed E-state index contributed by atoms with van der Waals surface area (Å²) in [4.78, 5) is 21.5. The van der Waals surface area contributed by atoms with Crippen LogP contribution in [0.5, 0.6) is 0 Å². The van der Waals surface area contributed by atoms with E-state index in [-0.39, 0.29) is 12.5 Å². The summed E-state index contributed by atoms with van der Waals surface area (Å²) in [7, 11) is 0. The van der Waals surface area contributed by atoms with Crippen molar-refractivity contribution >= 4 is 36.0 Å². The van der Waals surface area contributed by atoms with E-state index in [4.69, 9.17) is 10.4 Å². The van der Waals surface area contributed by atoms with Gasteiger partial charge in [0.2, 0.25) is 5.91 Å². The lowest BCUT2D eigenvalue weighted by atomic mass is 10.0. The van der Waals surface area contributed by atoms with Gasteiger partial charge in [0, 0.05) is 18.0 Å². The summed E-state index contributed by atoms with van der Waals surface area (Å²) in [5.74, 6) is -0.0509. The first-order valence-corrected chi connectivity index (χ1v) is 9.46. The van der Waals surface area contributed by atoms with Gasteiger partial charge >= 0.3 is 0 Å². The number of anilines is 1. The molecule has 1 fully saturated rings. The second-order valence-corrected chi connectivity index (χ2v) is 7.37. The highest BCUT2D eigenvalue weighted by Crippen LogP contribution is 2.37. The van der Waals surface area contributed by atoms with Crippen LogP contribution < -0.4 is 4.90 Å². The summed E-state index contributed by atoms with van der Waals surface area (Å²) in [6, 6.07) is 3.87. The van der Waals surface area contributed by atoms with Crippen molar-refractivity contribution in [3.05, 3.63) is 18.0 Å². The zero-order chi connectivity index (χ0) is 17.9. The number of carbonyl (C=O) groups excluding carboxylic acids is 1. The van der Waals surface area contributed by atoms with Crippen molar-refractivity contribution < 1.29 is 9.90 Å². The van der Waals surface area contributed by atoms with E-state index in [1.807, 2.05) is 31.1 Å². The van der Waals surface area contributed by atoms with E-state index in [0.29, 0.717) is 24.3 Å². The van der Waals surface area contributed by atoms with Crippen LogP contribution >= 0.6 is 24.4 Å². The Balaban J connectivity index is 2.34. The smallest absolute Gasteiger partial charge is 0.249 e. The third-order valence-corrected chi connectivity index (χ3v) is 5.48. The van der Waals surface area contributed by atoms with Gasteiger partial charge in [-0.3, -0.25) is 14.6 Å². The monoisotopic (exact) mass is 366 g/mol. The molecule has 130 valence electrons. The lowest BCUT2D eigenvalue weighted by Crippen LogP contribution is -2.45. The third kappa shape index (κ3) is 3.40. The summed E-state index contributed by atoms with van der Waals surface area (Å²) in [5, 5.41) is 18.1. The van der Waals surface area contributed by atoms with Gasteiger partial charge < -0.3 is 5.11 Å². The molecule has 1 amide bonds. The molecule has 1 atom stereocenters. The van der Waals surface area contributed by atoms with Gasteiger partial charge in [0.05, 0.1) is 17.4 Å². The fraction of sp³-hybridized carbons (Fsp3) is 0.562. The quantitative estimate of drug-likeness (QED) is 0.456. The van der Waals surface area contributed by atoms with Crippen molar-refractivity contribution in [3.63, 3.8) is 0 Å². The highest BCUT2D eigenvalue weighted by molar-refractivity contribution is 7.98. The maximum absolute atomic E-state index is 12.9.